The number of benzene rings is 2. The molecule has 1 atom stereocenters. The summed E-state index contributed by atoms with van der Waals surface area (Å²) < 4.78 is 6.23. The quantitative estimate of drug-likeness (QED) is 0.710. The van der Waals surface area contributed by atoms with E-state index in [1.54, 1.807) is 0 Å². The summed E-state index contributed by atoms with van der Waals surface area (Å²) in [5.74, 6) is -0.0672. The van der Waals surface area contributed by atoms with Crippen LogP contribution in [-0.2, 0) is 28.2 Å². The highest BCUT2D eigenvalue weighted by Gasteiger charge is 2.42. The number of nitrogens with one attached hydrogen (secondary N) is 1. The highest BCUT2D eigenvalue weighted by molar-refractivity contribution is 5.81. The molecule has 0 unspecified atom stereocenters. The zero-order chi connectivity index (χ0) is 20.1. The molecule has 0 radical (unpaired) electrons. The van der Waals surface area contributed by atoms with Crippen LogP contribution in [0.2, 0.25) is 0 Å². The van der Waals surface area contributed by atoms with Crippen LogP contribution >= 0.6 is 0 Å². The van der Waals surface area contributed by atoms with Crippen molar-refractivity contribution in [2.24, 2.45) is 5.73 Å². The maximum atomic E-state index is 12.2. The number of nitrogens with two attached hydrogens (primary N) is 1. The Hall–Kier alpha value is -2.21. The molecule has 2 aromatic carbocycles. The van der Waals surface area contributed by atoms with Crippen LogP contribution in [0.5, 0.6) is 0 Å². The molecule has 4 rings (SSSR count). The van der Waals surface area contributed by atoms with Crippen LogP contribution < -0.4 is 11.1 Å². The Morgan fingerprint density at radius 2 is 1.83 bits per heavy atom. The van der Waals surface area contributed by atoms with Crippen LogP contribution in [0.3, 0.4) is 0 Å². The predicted molar refractivity (Wildman–Crippen MR) is 114 cm³/mol. The van der Waals surface area contributed by atoms with E-state index in [0.29, 0.717) is 13.0 Å². The second kappa shape index (κ2) is 9.08. The van der Waals surface area contributed by atoms with Crippen molar-refractivity contribution < 1.29 is 9.53 Å². The maximum Gasteiger partial charge on any atom is 0.237 e. The molecule has 0 bridgehead atoms. The molecule has 1 fully saturated rings. The van der Waals surface area contributed by atoms with E-state index in [0.717, 1.165) is 51.1 Å². The van der Waals surface area contributed by atoms with E-state index in [4.69, 9.17) is 10.5 Å². The third-order valence-electron chi connectivity index (χ3n) is 6.26. The second-order valence-electron chi connectivity index (χ2n) is 8.22. The van der Waals surface area contributed by atoms with Gasteiger partial charge >= 0.3 is 0 Å². The van der Waals surface area contributed by atoms with Crippen LogP contribution in [0.25, 0.3) is 0 Å². The summed E-state index contributed by atoms with van der Waals surface area (Å²) in [6, 6.07) is 18.0. The van der Waals surface area contributed by atoms with Crippen LogP contribution in [-0.4, -0.2) is 43.0 Å². The molecule has 2 aliphatic rings. The highest BCUT2D eigenvalue weighted by Crippen LogP contribution is 2.43. The molecule has 154 valence electrons. The first-order chi connectivity index (χ1) is 14.2. The molecule has 0 saturated carbocycles. The van der Waals surface area contributed by atoms with Crippen molar-refractivity contribution in [3.05, 3.63) is 71.3 Å². The molecule has 29 heavy (non-hydrogen) atoms. The van der Waals surface area contributed by atoms with E-state index in [-0.39, 0.29) is 11.5 Å². The number of ether oxygens (including phenoxy) is 1. The summed E-state index contributed by atoms with van der Waals surface area (Å²) in [6.07, 6.45) is 3.59. The van der Waals surface area contributed by atoms with E-state index in [9.17, 15) is 4.79 Å². The molecule has 2 aromatic rings. The third kappa shape index (κ3) is 4.69. The fourth-order valence-electron chi connectivity index (χ4n) is 4.54. The van der Waals surface area contributed by atoms with Crippen molar-refractivity contribution in [1.29, 1.82) is 0 Å². The Kier molecular flexibility index (Phi) is 6.28. The fourth-order valence-corrected chi connectivity index (χ4v) is 4.54. The van der Waals surface area contributed by atoms with Gasteiger partial charge in [0, 0.05) is 19.6 Å². The lowest BCUT2D eigenvalue weighted by molar-refractivity contribution is -0.122. The van der Waals surface area contributed by atoms with Gasteiger partial charge in [-0.2, -0.15) is 0 Å². The summed E-state index contributed by atoms with van der Waals surface area (Å²) >= 11 is 0. The number of hydrogen-bond donors (Lipinski definition) is 2. The topological polar surface area (TPSA) is 67.6 Å². The number of likely N-dealkylation sites (tertiary alicyclic amines) is 1. The SMILES string of the molecule is N[C@H](Cc1ccccc1)C(=O)NCCCN1CCC2(CC1)OCc1ccccc12. The monoisotopic (exact) mass is 393 g/mol. The first kappa shape index (κ1) is 20.1. The first-order valence-electron chi connectivity index (χ1n) is 10.7. The van der Waals surface area contributed by atoms with Gasteiger partial charge in [-0.05, 0) is 48.9 Å². The van der Waals surface area contributed by atoms with E-state index in [1.165, 1.54) is 11.1 Å². The van der Waals surface area contributed by atoms with E-state index in [2.05, 4.69) is 34.5 Å². The number of hydrogen-bond acceptors (Lipinski definition) is 4. The van der Waals surface area contributed by atoms with Gasteiger partial charge in [-0.1, -0.05) is 54.6 Å². The first-order valence-corrected chi connectivity index (χ1v) is 10.7. The molecule has 0 aromatic heterocycles. The lowest BCUT2D eigenvalue weighted by atomic mass is 9.84. The highest BCUT2D eigenvalue weighted by atomic mass is 16.5. The molecular formula is C24H31N3O2. The Morgan fingerprint density at radius 1 is 1.10 bits per heavy atom. The lowest BCUT2D eigenvalue weighted by Gasteiger charge is -2.39. The van der Waals surface area contributed by atoms with Crippen molar-refractivity contribution in [2.75, 3.05) is 26.2 Å². The molecule has 0 aliphatic carbocycles. The smallest absolute Gasteiger partial charge is 0.237 e. The summed E-state index contributed by atoms with van der Waals surface area (Å²) in [7, 11) is 0. The Labute approximate surface area is 173 Å². The van der Waals surface area contributed by atoms with Gasteiger partial charge < -0.3 is 20.7 Å². The van der Waals surface area contributed by atoms with Crippen LogP contribution in [0, 0.1) is 0 Å². The lowest BCUT2D eigenvalue weighted by Crippen LogP contribution is -2.44. The number of piperidine rings is 1. The van der Waals surface area contributed by atoms with E-state index < -0.39 is 6.04 Å². The number of fused-ring (bicyclic) bond motifs is 2. The van der Waals surface area contributed by atoms with Gasteiger partial charge in [0.15, 0.2) is 0 Å². The summed E-state index contributed by atoms with van der Waals surface area (Å²) in [6.45, 7) is 4.48. The predicted octanol–water partition coefficient (Wildman–Crippen LogP) is 2.58. The molecule has 2 aliphatic heterocycles. The molecule has 2 heterocycles. The minimum Gasteiger partial charge on any atom is -0.365 e. The summed E-state index contributed by atoms with van der Waals surface area (Å²) in [4.78, 5) is 14.7. The molecule has 3 N–H and O–H groups in total. The maximum absolute atomic E-state index is 12.2. The van der Waals surface area contributed by atoms with Gasteiger partial charge in [0.25, 0.3) is 0 Å². The van der Waals surface area contributed by atoms with Crippen molar-refractivity contribution in [1.82, 2.24) is 10.2 Å². The van der Waals surface area contributed by atoms with Gasteiger partial charge in [-0.15, -0.1) is 0 Å². The number of carbonyl (C=O) groups excluding carboxylic acids is 1. The minimum absolute atomic E-state index is 0.0672. The van der Waals surface area contributed by atoms with Crippen LogP contribution in [0.1, 0.15) is 36.0 Å². The molecule has 1 amide bonds. The van der Waals surface area contributed by atoms with Crippen molar-refractivity contribution >= 4 is 5.91 Å². The molecule has 5 nitrogen and oxygen atoms in total. The second-order valence-corrected chi connectivity index (χ2v) is 8.22. The zero-order valence-electron chi connectivity index (χ0n) is 17.0. The number of rotatable bonds is 7. The van der Waals surface area contributed by atoms with Gasteiger partial charge in [0.1, 0.15) is 0 Å². The Morgan fingerprint density at radius 3 is 2.62 bits per heavy atom. The molecular weight excluding hydrogens is 362 g/mol. The number of nitrogens with zero attached hydrogens (tertiary/aromatic N) is 1. The normalized spacial score (nSPS) is 19.1. The Balaban J connectivity index is 1.16. The third-order valence-corrected chi connectivity index (χ3v) is 6.26. The summed E-state index contributed by atoms with van der Waals surface area (Å²) in [5, 5.41) is 2.99. The van der Waals surface area contributed by atoms with Crippen LogP contribution in [0.15, 0.2) is 54.6 Å². The molecule has 5 heteroatoms. The Bertz CT molecular complexity index is 816. The van der Waals surface area contributed by atoms with Gasteiger partial charge in [-0.3, -0.25) is 4.79 Å². The van der Waals surface area contributed by atoms with E-state index in [1.807, 2.05) is 30.3 Å². The summed E-state index contributed by atoms with van der Waals surface area (Å²) in [5.41, 5.74) is 9.79. The minimum atomic E-state index is -0.494. The molecule has 1 saturated heterocycles. The van der Waals surface area contributed by atoms with Gasteiger partial charge in [0.05, 0.1) is 18.2 Å². The average molecular weight is 394 g/mol. The number of carbonyl (C=O) groups is 1. The van der Waals surface area contributed by atoms with Gasteiger partial charge in [-0.25, -0.2) is 0 Å². The van der Waals surface area contributed by atoms with Crippen molar-refractivity contribution in [2.45, 2.75) is 43.9 Å². The van der Waals surface area contributed by atoms with Crippen molar-refractivity contribution in [3.8, 4) is 0 Å². The zero-order valence-corrected chi connectivity index (χ0v) is 17.0. The van der Waals surface area contributed by atoms with Gasteiger partial charge in [0.2, 0.25) is 5.91 Å². The van der Waals surface area contributed by atoms with Crippen molar-refractivity contribution in [3.63, 3.8) is 0 Å². The number of amides is 1. The molecule has 1 spiro atoms. The standard InChI is InChI=1S/C24H31N3O2/c25-22(17-19-7-2-1-3-8-19)23(28)26-13-6-14-27-15-11-24(12-16-27)21-10-5-4-9-20(21)18-29-24/h1-5,7-10,22H,6,11-18,25H2,(H,26,28)/t22-/m1/s1. The van der Waals surface area contributed by atoms with Crippen LogP contribution in [0.4, 0.5) is 0 Å². The van der Waals surface area contributed by atoms with E-state index >= 15 is 0 Å². The average Bonchev–Trinajstić information content (AvgIpc) is 3.11. The largest absolute Gasteiger partial charge is 0.365 e. The fraction of sp³-hybridized carbons (Fsp3) is 0.458.